The molecule has 0 N–H and O–H groups in total. The Morgan fingerprint density at radius 3 is 2.52 bits per heavy atom. The Labute approximate surface area is 195 Å². The monoisotopic (exact) mass is 464 g/mol. The summed E-state index contributed by atoms with van der Waals surface area (Å²) in [6.07, 6.45) is 4.84. The number of hydrogen-bond acceptors (Lipinski definition) is 7. The molecule has 168 valence electrons. The maximum absolute atomic E-state index is 14.9. The summed E-state index contributed by atoms with van der Waals surface area (Å²) in [5.41, 5.74) is 4.10. The van der Waals surface area contributed by atoms with Gasteiger partial charge in [0.2, 0.25) is 0 Å². The number of ether oxygens (including phenoxy) is 1. The Balaban J connectivity index is 1.61. The van der Waals surface area contributed by atoms with E-state index < -0.39 is 5.82 Å². The van der Waals surface area contributed by atoms with Crippen LogP contribution < -0.4 is 0 Å². The van der Waals surface area contributed by atoms with Gasteiger partial charge in [0, 0.05) is 41.1 Å². The molecule has 4 aromatic rings. The van der Waals surface area contributed by atoms with Crippen LogP contribution in [0.3, 0.4) is 0 Å². The summed E-state index contributed by atoms with van der Waals surface area (Å²) in [5, 5.41) is 0.320. The second kappa shape index (κ2) is 8.68. The molecule has 3 aromatic heterocycles. The van der Waals surface area contributed by atoms with E-state index in [0.29, 0.717) is 52.1 Å². The molecule has 0 aliphatic carbocycles. The number of aryl methyl sites for hydroxylation is 3. The number of aromatic nitrogens is 6. The first-order valence-electron chi connectivity index (χ1n) is 10.8. The molecule has 1 aliphatic heterocycles. The van der Waals surface area contributed by atoms with E-state index in [2.05, 4.69) is 19.9 Å². The minimum absolute atomic E-state index is 0.00646. The van der Waals surface area contributed by atoms with Crippen LogP contribution in [0.15, 0.2) is 30.6 Å². The van der Waals surface area contributed by atoms with Gasteiger partial charge in [0.15, 0.2) is 5.65 Å². The third-order valence-corrected chi connectivity index (χ3v) is 6.20. The van der Waals surface area contributed by atoms with Gasteiger partial charge >= 0.3 is 0 Å². The van der Waals surface area contributed by atoms with Crippen molar-refractivity contribution in [1.82, 2.24) is 29.9 Å². The Bertz CT molecular complexity index is 1350. The van der Waals surface area contributed by atoms with E-state index in [1.54, 1.807) is 24.5 Å². The molecule has 0 bridgehead atoms. The number of hydrogen-bond donors (Lipinski definition) is 0. The lowest BCUT2D eigenvalue weighted by atomic mass is 9.92. The number of nitrogens with zero attached hydrogens (tertiary/aromatic N) is 6. The average Bonchev–Trinajstić information content (AvgIpc) is 2.80. The van der Waals surface area contributed by atoms with Crippen LogP contribution in [0.1, 0.15) is 53.5 Å². The molecule has 0 radical (unpaired) electrons. The quantitative estimate of drug-likeness (QED) is 0.410. The molecule has 4 heterocycles. The maximum Gasteiger partial charge on any atom is 0.182 e. The van der Waals surface area contributed by atoms with Crippen LogP contribution in [0.4, 0.5) is 4.39 Å². The fraction of sp³-hybridized carbons (Fsp3) is 0.333. The van der Waals surface area contributed by atoms with Gasteiger partial charge in [-0.05, 0) is 51.8 Å². The van der Waals surface area contributed by atoms with E-state index >= 15 is 0 Å². The van der Waals surface area contributed by atoms with Crippen molar-refractivity contribution in [2.24, 2.45) is 0 Å². The highest BCUT2D eigenvalue weighted by Gasteiger charge is 2.29. The molecule has 9 heteroatoms. The standard InChI is InChI=1S/C24H22ClFN6O/c1-12-13(2)30-24-22(29-12)21(18-5-4-17(25)9-19(18)26)31-23(32-24)15-6-7-33-20(8-15)16-10-27-14(3)28-11-16/h4-5,9-11,15,20H,6-8H2,1-3H3/t15-,20-/m0/s1. The van der Waals surface area contributed by atoms with Crippen LogP contribution in [0.5, 0.6) is 0 Å². The highest BCUT2D eigenvalue weighted by molar-refractivity contribution is 6.30. The average molecular weight is 465 g/mol. The lowest BCUT2D eigenvalue weighted by molar-refractivity contribution is 0.00360. The summed E-state index contributed by atoms with van der Waals surface area (Å²) in [7, 11) is 0. The molecule has 7 nitrogen and oxygen atoms in total. The van der Waals surface area contributed by atoms with Gasteiger partial charge in [-0.25, -0.2) is 34.3 Å². The molecule has 0 saturated carbocycles. The topological polar surface area (TPSA) is 86.6 Å². The molecule has 0 amide bonds. The fourth-order valence-corrected chi connectivity index (χ4v) is 4.17. The minimum Gasteiger partial charge on any atom is -0.373 e. The Morgan fingerprint density at radius 1 is 1.00 bits per heavy atom. The van der Waals surface area contributed by atoms with Crippen LogP contribution in [-0.2, 0) is 4.74 Å². The van der Waals surface area contributed by atoms with Crippen molar-refractivity contribution in [2.75, 3.05) is 6.61 Å². The molecular weight excluding hydrogens is 443 g/mol. The minimum atomic E-state index is -0.463. The number of fused-ring (bicyclic) bond motifs is 1. The van der Waals surface area contributed by atoms with E-state index in [4.69, 9.17) is 26.3 Å². The van der Waals surface area contributed by atoms with Crippen molar-refractivity contribution in [2.45, 2.75) is 45.6 Å². The van der Waals surface area contributed by atoms with Gasteiger partial charge in [-0.15, -0.1) is 0 Å². The number of rotatable bonds is 3. The first-order valence-corrected chi connectivity index (χ1v) is 11.2. The Hall–Kier alpha value is -3.10. The number of halogens is 2. The molecule has 1 saturated heterocycles. The van der Waals surface area contributed by atoms with E-state index in [1.807, 2.05) is 20.8 Å². The second-order valence-electron chi connectivity index (χ2n) is 8.27. The highest BCUT2D eigenvalue weighted by atomic mass is 35.5. The first-order chi connectivity index (χ1) is 15.9. The zero-order valence-corrected chi connectivity index (χ0v) is 19.3. The van der Waals surface area contributed by atoms with Crippen molar-refractivity contribution >= 4 is 22.8 Å². The van der Waals surface area contributed by atoms with Gasteiger partial charge in [-0.1, -0.05) is 11.6 Å². The molecule has 1 aromatic carbocycles. The summed E-state index contributed by atoms with van der Waals surface area (Å²) >= 11 is 5.98. The molecule has 1 fully saturated rings. The van der Waals surface area contributed by atoms with E-state index in [-0.39, 0.29) is 12.0 Å². The largest absolute Gasteiger partial charge is 0.373 e. The first kappa shape index (κ1) is 21.7. The van der Waals surface area contributed by atoms with Crippen LogP contribution in [0, 0.1) is 26.6 Å². The van der Waals surface area contributed by atoms with Gasteiger partial charge in [0.05, 0.1) is 17.5 Å². The second-order valence-corrected chi connectivity index (χ2v) is 8.70. The van der Waals surface area contributed by atoms with Gasteiger partial charge < -0.3 is 4.74 Å². The van der Waals surface area contributed by atoms with Crippen molar-refractivity contribution in [3.63, 3.8) is 0 Å². The highest BCUT2D eigenvalue weighted by Crippen LogP contribution is 2.38. The molecular formula is C24H22ClFN6O. The summed E-state index contributed by atoms with van der Waals surface area (Å²) in [5.74, 6) is 0.857. The Kier molecular flexibility index (Phi) is 5.72. The normalized spacial score (nSPS) is 18.6. The third-order valence-electron chi connectivity index (χ3n) is 5.97. The SMILES string of the molecule is Cc1ncc([C@@H]2C[C@@H](c3nc(-c4ccc(Cl)cc4F)c4nc(C)c(C)nc4n3)CCO2)cn1. The van der Waals surface area contributed by atoms with E-state index in [9.17, 15) is 4.39 Å². The predicted molar refractivity (Wildman–Crippen MR) is 122 cm³/mol. The summed E-state index contributed by atoms with van der Waals surface area (Å²) in [6, 6.07) is 4.54. The van der Waals surface area contributed by atoms with Crippen molar-refractivity contribution in [3.8, 4) is 11.3 Å². The summed E-state index contributed by atoms with van der Waals surface area (Å²) < 4.78 is 20.9. The predicted octanol–water partition coefficient (Wildman–Crippen LogP) is 5.23. The summed E-state index contributed by atoms with van der Waals surface area (Å²) in [6.45, 7) is 6.14. The van der Waals surface area contributed by atoms with Gasteiger partial charge in [0.1, 0.15) is 28.7 Å². The van der Waals surface area contributed by atoms with Crippen molar-refractivity contribution in [1.29, 1.82) is 0 Å². The molecule has 0 spiro atoms. The summed E-state index contributed by atoms with van der Waals surface area (Å²) in [4.78, 5) is 27.4. The molecule has 5 rings (SSSR count). The van der Waals surface area contributed by atoms with E-state index in [0.717, 1.165) is 23.4 Å². The smallest absolute Gasteiger partial charge is 0.182 e. The fourth-order valence-electron chi connectivity index (χ4n) is 4.01. The molecule has 1 aliphatic rings. The van der Waals surface area contributed by atoms with Crippen LogP contribution in [0.2, 0.25) is 5.02 Å². The third kappa shape index (κ3) is 4.28. The number of benzene rings is 1. The van der Waals surface area contributed by atoms with Crippen LogP contribution >= 0.6 is 11.6 Å². The van der Waals surface area contributed by atoms with Gasteiger partial charge in [-0.2, -0.15) is 0 Å². The van der Waals surface area contributed by atoms with Crippen molar-refractivity contribution < 1.29 is 9.13 Å². The molecule has 33 heavy (non-hydrogen) atoms. The van der Waals surface area contributed by atoms with E-state index in [1.165, 1.54) is 6.07 Å². The van der Waals surface area contributed by atoms with Gasteiger partial charge in [-0.3, -0.25) is 0 Å². The molecule has 2 atom stereocenters. The maximum atomic E-state index is 14.9. The van der Waals surface area contributed by atoms with Crippen LogP contribution in [-0.4, -0.2) is 36.5 Å². The molecule has 0 unspecified atom stereocenters. The zero-order chi connectivity index (χ0) is 23.1. The van der Waals surface area contributed by atoms with Crippen LogP contribution in [0.25, 0.3) is 22.4 Å². The lowest BCUT2D eigenvalue weighted by Crippen LogP contribution is -2.21. The Morgan fingerprint density at radius 2 is 1.76 bits per heavy atom. The zero-order valence-electron chi connectivity index (χ0n) is 18.5. The lowest BCUT2D eigenvalue weighted by Gasteiger charge is -2.29. The van der Waals surface area contributed by atoms with Gasteiger partial charge in [0.25, 0.3) is 0 Å². The van der Waals surface area contributed by atoms with Crippen molar-refractivity contribution in [3.05, 3.63) is 70.0 Å².